The third kappa shape index (κ3) is 6.16. The SMILES string of the molecule is CCc1ccc(S(=O)(=O)NCC(=O)NCCc2ccc(Cl)cc2)cc1. The maximum absolute atomic E-state index is 12.2. The predicted molar refractivity (Wildman–Crippen MR) is 99.2 cm³/mol. The van der Waals surface area contributed by atoms with E-state index in [1.165, 1.54) is 0 Å². The van der Waals surface area contributed by atoms with Crippen molar-refractivity contribution in [2.75, 3.05) is 13.1 Å². The summed E-state index contributed by atoms with van der Waals surface area (Å²) in [6.07, 6.45) is 1.48. The minimum Gasteiger partial charge on any atom is -0.355 e. The number of hydrogen-bond acceptors (Lipinski definition) is 3. The first kappa shape index (κ1) is 19.4. The molecular formula is C18H21ClN2O3S. The van der Waals surface area contributed by atoms with E-state index in [0.29, 0.717) is 18.0 Å². The first-order valence-electron chi connectivity index (χ1n) is 8.00. The molecule has 0 radical (unpaired) electrons. The highest BCUT2D eigenvalue weighted by Crippen LogP contribution is 2.11. The summed E-state index contributed by atoms with van der Waals surface area (Å²) in [7, 11) is -3.69. The van der Waals surface area contributed by atoms with Crippen LogP contribution in [0.2, 0.25) is 5.02 Å². The quantitative estimate of drug-likeness (QED) is 0.739. The van der Waals surface area contributed by atoms with E-state index >= 15 is 0 Å². The van der Waals surface area contributed by atoms with Crippen molar-refractivity contribution in [2.45, 2.75) is 24.7 Å². The van der Waals surface area contributed by atoms with Crippen LogP contribution in [0.25, 0.3) is 0 Å². The molecule has 0 aliphatic carbocycles. The first-order valence-corrected chi connectivity index (χ1v) is 9.86. The zero-order chi connectivity index (χ0) is 18.3. The van der Waals surface area contributed by atoms with Gasteiger partial charge in [0.05, 0.1) is 11.4 Å². The molecule has 0 aliphatic rings. The van der Waals surface area contributed by atoms with Crippen LogP contribution in [0.4, 0.5) is 0 Å². The summed E-state index contributed by atoms with van der Waals surface area (Å²) in [5.41, 5.74) is 2.10. The predicted octanol–water partition coefficient (Wildman–Crippen LogP) is 2.54. The normalized spacial score (nSPS) is 11.3. The van der Waals surface area contributed by atoms with E-state index in [1.54, 1.807) is 36.4 Å². The van der Waals surface area contributed by atoms with Gasteiger partial charge in [-0.2, -0.15) is 0 Å². The van der Waals surface area contributed by atoms with Crippen LogP contribution in [0.15, 0.2) is 53.4 Å². The van der Waals surface area contributed by atoms with Gasteiger partial charge in [0, 0.05) is 11.6 Å². The number of amides is 1. The third-order valence-corrected chi connectivity index (χ3v) is 5.38. The molecule has 0 atom stereocenters. The van der Waals surface area contributed by atoms with Gasteiger partial charge in [-0.3, -0.25) is 4.79 Å². The van der Waals surface area contributed by atoms with E-state index in [9.17, 15) is 13.2 Å². The van der Waals surface area contributed by atoms with Crippen molar-refractivity contribution in [1.29, 1.82) is 0 Å². The fourth-order valence-electron chi connectivity index (χ4n) is 2.21. The lowest BCUT2D eigenvalue weighted by Gasteiger charge is -2.08. The van der Waals surface area contributed by atoms with Crippen molar-refractivity contribution in [3.8, 4) is 0 Å². The smallest absolute Gasteiger partial charge is 0.241 e. The molecule has 0 saturated heterocycles. The van der Waals surface area contributed by atoms with E-state index in [4.69, 9.17) is 11.6 Å². The monoisotopic (exact) mass is 380 g/mol. The number of nitrogens with one attached hydrogen (secondary N) is 2. The van der Waals surface area contributed by atoms with Gasteiger partial charge in [0.25, 0.3) is 0 Å². The van der Waals surface area contributed by atoms with Gasteiger partial charge in [-0.15, -0.1) is 0 Å². The van der Waals surface area contributed by atoms with Gasteiger partial charge in [-0.25, -0.2) is 13.1 Å². The Kier molecular flexibility index (Phi) is 6.99. The zero-order valence-electron chi connectivity index (χ0n) is 14.0. The van der Waals surface area contributed by atoms with Gasteiger partial charge in [0.2, 0.25) is 15.9 Å². The van der Waals surface area contributed by atoms with E-state index in [-0.39, 0.29) is 17.3 Å². The molecule has 25 heavy (non-hydrogen) atoms. The van der Waals surface area contributed by atoms with Crippen LogP contribution in [0.1, 0.15) is 18.1 Å². The van der Waals surface area contributed by atoms with Crippen molar-refractivity contribution in [1.82, 2.24) is 10.0 Å². The fourth-order valence-corrected chi connectivity index (χ4v) is 3.32. The summed E-state index contributed by atoms with van der Waals surface area (Å²) < 4.78 is 26.6. The zero-order valence-corrected chi connectivity index (χ0v) is 15.5. The number of halogens is 1. The molecule has 7 heteroatoms. The Labute approximate surface area is 153 Å². The maximum atomic E-state index is 12.2. The Hall–Kier alpha value is -1.89. The lowest BCUT2D eigenvalue weighted by Crippen LogP contribution is -2.37. The second-order valence-electron chi connectivity index (χ2n) is 5.55. The summed E-state index contributed by atoms with van der Waals surface area (Å²) in [5, 5.41) is 3.35. The molecule has 0 heterocycles. The standard InChI is InChI=1S/C18H21ClN2O3S/c1-2-14-5-9-17(10-6-14)25(23,24)21-13-18(22)20-12-11-15-3-7-16(19)8-4-15/h3-10,21H,2,11-13H2,1H3,(H,20,22). The maximum Gasteiger partial charge on any atom is 0.241 e. The third-order valence-electron chi connectivity index (χ3n) is 3.71. The largest absolute Gasteiger partial charge is 0.355 e. The average Bonchev–Trinajstić information content (AvgIpc) is 2.62. The number of benzene rings is 2. The van der Waals surface area contributed by atoms with Crippen molar-refractivity contribution >= 4 is 27.5 Å². The summed E-state index contributed by atoms with van der Waals surface area (Å²) in [6, 6.07) is 14.0. The number of carbonyl (C=O) groups is 1. The topological polar surface area (TPSA) is 75.3 Å². The van der Waals surface area contributed by atoms with Crippen molar-refractivity contribution in [3.05, 3.63) is 64.7 Å². The molecule has 134 valence electrons. The highest BCUT2D eigenvalue weighted by molar-refractivity contribution is 7.89. The molecule has 1 amide bonds. The highest BCUT2D eigenvalue weighted by Gasteiger charge is 2.15. The number of rotatable bonds is 8. The molecule has 0 fully saturated rings. The van der Waals surface area contributed by atoms with E-state index in [2.05, 4.69) is 10.0 Å². The summed E-state index contributed by atoms with van der Waals surface area (Å²) in [6.45, 7) is 2.13. The minimum absolute atomic E-state index is 0.152. The lowest BCUT2D eigenvalue weighted by molar-refractivity contribution is -0.119. The number of aryl methyl sites for hydroxylation is 1. The van der Waals surface area contributed by atoms with Gasteiger partial charge < -0.3 is 5.32 Å². The van der Waals surface area contributed by atoms with Crippen molar-refractivity contribution in [3.63, 3.8) is 0 Å². The molecule has 0 aromatic heterocycles. The molecule has 0 bridgehead atoms. The fraction of sp³-hybridized carbons (Fsp3) is 0.278. The van der Waals surface area contributed by atoms with Gasteiger partial charge in [0.15, 0.2) is 0 Å². The summed E-state index contributed by atoms with van der Waals surface area (Å²) >= 11 is 5.81. The molecule has 0 saturated carbocycles. The highest BCUT2D eigenvalue weighted by atomic mass is 35.5. The molecule has 2 aromatic carbocycles. The van der Waals surface area contributed by atoms with Gasteiger partial charge in [0.1, 0.15) is 0 Å². The average molecular weight is 381 g/mol. The summed E-state index contributed by atoms with van der Waals surface area (Å²) in [4.78, 5) is 12.0. The lowest BCUT2D eigenvalue weighted by atomic mass is 10.1. The Morgan fingerprint density at radius 2 is 1.60 bits per heavy atom. The molecule has 0 unspecified atom stereocenters. The van der Waals surface area contributed by atoms with Crippen LogP contribution < -0.4 is 10.0 Å². The van der Waals surface area contributed by atoms with E-state index in [0.717, 1.165) is 17.5 Å². The van der Waals surface area contributed by atoms with Crippen molar-refractivity contribution in [2.24, 2.45) is 0 Å². The van der Waals surface area contributed by atoms with Gasteiger partial charge >= 0.3 is 0 Å². The van der Waals surface area contributed by atoms with Crippen LogP contribution in [0.5, 0.6) is 0 Å². The Morgan fingerprint density at radius 3 is 2.20 bits per heavy atom. The molecule has 5 nitrogen and oxygen atoms in total. The molecular weight excluding hydrogens is 360 g/mol. The molecule has 2 N–H and O–H groups in total. The second-order valence-corrected chi connectivity index (χ2v) is 7.75. The Morgan fingerprint density at radius 1 is 1.00 bits per heavy atom. The van der Waals surface area contributed by atoms with Gasteiger partial charge in [-0.1, -0.05) is 42.8 Å². The van der Waals surface area contributed by atoms with E-state index in [1.807, 2.05) is 19.1 Å². The second kappa shape index (κ2) is 8.99. The Balaban J connectivity index is 1.79. The van der Waals surface area contributed by atoms with Crippen molar-refractivity contribution < 1.29 is 13.2 Å². The van der Waals surface area contributed by atoms with Crippen LogP contribution >= 0.6 is 11.6 Å². The number of sulfonamides is 1. The number of carbonyl (C=O) groups excluding carboxylic acids is 1. The van der Waals surface area contributed by atoms with E-state index < -0.39 is 10.0 Å². The number of hydrogen-bond donors (Lipinski definition) is 2. The molecule has 0 spiro atoms. The first-order chi connectivity index (χ1) is 11.9. The van der Waals surface area contributed by atoms with Crippen LogP contribution in [0, 0.1) is 0 Å². The summed E-state index contributed by atoms with van der Waals surface area (Å²) in [5.74, 6) is -0.372. The van der Waals surface area contributed by atoms with Crippen LogP contribution in [-0.4, -0.2) is 27.4 Å². The van der Waals surface area contributed by atoms with Gasteiger partial charge in [-0.05, 0) is 48.2 Å². The molecule has 2 aromatic rings. The Bertz CT molecular complexity index is 803. The van der Waals surface area contributed by atoms with Crippen LogP contribution in [0.3, 0.4) is 0 Å². The molecule has 2 rings (SSSR count). The van der Waals surface area contributed by atoms with Crippen LogP contribution in [-0.2, 0) is 27.7 Å². The minimum atomic E-state index is -3.69. The molecule has 0 aliphatic heterocycles.